The van der Waals surface area contributed by atoms with Crippen molar-refractivity contribution < 1.29 is 13.9 Å². The fourth-order valence-electron chi connectivity index (χ4n) is 2.52. The Kier molecular flexibility index (Phi) is 3.62. The van der Waals surface area contributed by atoms with E-state index in [2.05, 4.69) is 10.2 Å². The van der Waals surface area contributed by atoms with Crippen molar-refractivity contribution in [3.63, 3.8) is 0 Å². The molecule has 120 valence electrons. The molecule has 0 fully saturated rings. The molecule has 24 heavy (non-hydrogen) atoms. The number of ether oxygens (including phenoxy) is 1. The van der Waals surface area contributed by atoms with Crippen LogP contribution in [0.1, 0.15) is 16.2 Å². The fourth-order valence-corrected chi connectivity index (χ4v) is 3.17. The smallest absolute Gasteiger partial charge is 0.340 e. The van der Waals surface area contributed by atoms with Crippen molar-refractivity contribution in [3.8, 4) is 10.8 Å². The largest absolute Gasteiger partial charge is 0.452 e. The molecule has 0 aliphatic carbocycles. The van der Waals surface area contributed by atoms with Gasteiger partial charge in [0.05, 0.1) is 10.4 Å². The van der Waals surface area contributed by atoms with Gasteiger partial charge in [0.2, 0.25) is 0 Å². The molecule has 0 unspecified atom stereocenters. The van der Waals surface area contributed by atoms with Crippen LogP contribution in [-0.2, 0) is 18.4 Å². The van der Waals surface area contributed by atoms with Crippen molar-refractivity contribution in [2.24, 2.45) is 7.05 Å². The highest BCUT2D eigenvalue weighted by atomic mass is 32.1. The normalized spacial score (nSPS) is 11.0. The van der Waals surface area contributed by atoms with Gasteiger partial charge in [0.25, 0.3) is 11.8 Å². The van der Waals surface area contributed by atoms with Crippen molar-refractivity contribution >= 4 is 28.2 Å². The van der Waals surface area contributed by atoms with E-state index in [1.807, 2.05) is 53.4 Å². The number of aromatic nitrogens is 3. The lowest BCUT2D eigenvalue weighted by atomic mass is 10.2. The average Bonchev–Trinajstić information content (AvgIpc) is 3.33. The standard InChI is InChI=1S/C17H13N3O3S/c1-20-9-12(11-5-2-3-6-13(11)20)17(21)22-10-15-18-19-16(23-15)14-7-4-8-24-14/h2-9H,10H2,1H3. The molecule has 0 amide bonds. The number of hydrogen-bond acceptors (Lipinski definition) is 6. The quantitative estimate of drug-likeness (QED) is 0.531. The van der Waals surface area contributed by atoms with Crippen molar-refractivity contribution in [1.82, 2.24) is 14.8 Å². The van der Waals surface area contributed by atoms with Crippen LogP contribution in [0.15, 0.2) is 52.4 Å². The van der Waals surface area contributed by atoms with E-state index < -0.39 is 5.97 Å². The molecule has 0 aliphatic rings. The molecule has 0 atom stereocenters. The first-order chi connectivity index (χ1) is 11.7. The second kappa shape index (κ2) is 5.93. The zero-order valence-corrected chi connectivity index (χ0v) is 13.6. The molecule has 3 heterocycles. The Morgan fingerprint density at radius 2 is 2.12 bits per heavy atom. The minimum absolute atomic E-state index is 0.0551. The van der Waals surface area contributed by atoms with Crippen LogP contribution >= 0.6 is 11.3 Å². The Morgan fingerprint density at radius 3 is 2.96 bits per heavy atom. The van der Waals surface area contributed by atoms with E-state index in [1.54, 1.807) is 6.20 Å². The van der Waals surface area contributed by atoms with Crippen LogP contribution in [0.2, 0.25) is 0 Å². The first-order valence-corrected chi connectivity index (χ1v) is 8.18. The third kappa shape index (κ3) is 2.59. The van der Waals surface area contributed by atoms with Crippen molar-refractivity contribution in [3.05, 3.63) is 59.4 Å². The van der Waals surface area contributed by atoms with Crippen LogP contribution in [0.25, 0.3) is 21.7 Å². The summed E-state index contributed by atoms with van der Waals surface area (Å²) < 4.78 is 12.7. The monoisotopic (exact) mass is 339 g/mol. The molecule has 0 N–H and O–H groups in total. The molecule has 4 rings (SSSR count). The first-order valence-electron chi connectivity index (χ1n) is 7.30. The minimum atomic E-state index is -0.414. The summed E-state index contributed by atoms with van der Waals surface area (Å²) in [5.74, 6) is 0.288. The highest BCUT2D eigenvalue weighted by Crippen LogP contribution is 2.24. The summed E-state index contributed by atoms with van der Waals surface area (Å²) in [6, 6.07) is 11.5. The van der Waals surface area contributed by atoms with Crippen LogP contribution in [0.3, 0.4) is 0 Å². The van der Waals surface area contributed by atoms with Gasteiger partial charge >= 0.3 is 5.97 Å². The van der Waals surface area contributed by atoms with Crippen molar-refractivity contribution in [1.29, 1.82) is 0 Å². The second-order valence-corrected chi connectivity index (χ2v) is 6.17. The highest BCUT2D eigenvalue weighted by molar-refractivity contribution is 7.13. The van der Waals surface area contributed by atoms with Gasteiger partial charge in [-0.3, -0.25) is 0 Å². The van der Waals surface area contributed by atoms with Gasteiger partial charge in [0.1, 0.15) is 0 Å². The number of thiophene rings is 1. The minimum Gasteiger partial charge on any atom is -0.452 e. The van der Waals surface area contributed by atoms with Crippen LogP contribution in [0.4, 0.5) is 0 Å². The summed E-state index contributed by atoms with van der Waals surface area (Å²) >= 11 is 1.51. The lowest BCUT2D eigenvalue weighted by Gasteiger charge is -2.00. The zero-order valence-electron chi connectivity index (χ0n) is 12.8. The van der Waals surface area contributed by atoms with E-state index in [0.29, 0.717) is 11.5 Å². The molecule has 0 aliphatic heterocycles. The molecule has 0 saturated heterocycles. The van der Waals surface area contributed by atoms with Gasteiger partial charge < -0.3 is 13.7 Å². The number of fused-ring (bicyclic) bond motifs is 1. The summed E-state index contributed by atoms with van der Waals surface area (Å²) in [7, 11) is 1.89. The van der Waals surface area contributed by atoms with Crippen LogP contribution in [0, 0.1) is 0 Å². The summed E-state index contributed by atoms with van der Waals surface area (Å²) in [5, 5.41) is 10.7. The lowest BCUT2D eigenvalue weighted by Crippen LogP contribution is -2.05. The van der Waals surface area contributed by atoms with E-state index in [0.717, 1.165) is 15.8 Å². The molecular formula is C17H13N3O3S. The van der Waals surface area contributed by atoms with Gasteiger partial charge in [-0.2, -0.15) is 0 Å². The van der Waals surface area contributed by atoms with E-state index >= 15 is 0 Å². The predicted octanol–water partition coefficient (Wildman–Crippen LogP) is 3.65. The van der Waals surface area contributed by atoms with Gasteiger partial charge in [0.15, 0.2) is 6.61 Å². The number of benzene rings is 1. The molecule has 6 nitrogen and oxygen atoms in total. The number of para-hydroxylation sites is 1. The first kappa shape index (κ1) is 14.6. The van der Waals surface area contributed by atoms with E-state index in [1.165, 1.54) is 11.3 Å². The zero-order chi connectivity index (χ0) is 16.5. The number of rotatable bonds is 4. The molecule has 4 aromatic rings. The highest BCUT2D eigenvalue weighted by Gasteiger charge is 2.17. The maximum atomic E-state index is 12.4. The Bertz CT molecular complexity index is 1000. The second-order valence-electron chi connectivity index (χ2n) is 5.23. The van der Waals surface area contributed by atoms with E-state index in [4.69, 9.17) is 9.15 Å². The number of carbonyl (C=O) groups is 1. The van der Waals surface area contributed by atoms with Crippen molar-refractivity contribution in [2.75, 3.05) is 0 Å². The molecule has 0 bridgehead atoms. The van der Waals surface area contributed by atoms with Gasteiger partial charge in [-0.15, -0.1) is 21.5 Å². The van der Waals surface area contributed by atoms with Gasteiger partial charge in [0, 0.05) is 24.1 Å². The fraction of sp³-hybridized carbons (Fsp3) is 0.118. The summed E-state index contributed by atoms with van der Waals surface area (Å²) in [6.45, 7) is -0.0551. The molecule has 1 aromatic carbocycles. The van der Waals surface area contributed by atoms with Crippen LogP contribution in [0.5, 0.6) is 0 Å². The van der Waals surface area contributed by atoms with Crippen LogP contribution in [-0.4, -0.2) is 20.7 Å². The van der Waals surface area contributed by atoms with Gasteiger partial charge in [-0.1, -0.05) is 24.3 Å². The van der Waals surface area contributed by atoms with Crippen molar-refractivity contribution in [2.45, 2.75) is 6.61 Å². The Morgan fingerprint density at radius 1 is 1.25 bits per heavy atom. The molecule has 7 heteroatoms. The van der Waals surface area contributed by atoms with Crippen LogP contribution < -0.4 is 0 Å². The summed E-state index contributed by atoms with van der Waals surface area (Å²) in [5.41, 5.74) is 1.49. The Balaban J connectivity index is 1.50. The Labute approximate surface area is 141 Å². The van der Waals surface area contributed by atoms with Gasteiger partial charge in [-0.25, -0.2) is 4.79 Å². The third-order valence-corrected chi connectivity index (χ3v) is 4.50. The lowest BCUT2D eigenvalue weighted by molar-refractivity contribution is 0.0441. The third-order valence-electron chi connectivity index (χ3n) is 3.64. The SMILES string of the molecule is Cn1cc(C(=O)OCc2nnc(-c3cccs3)o2)c2ccccc21. The number of nitrogens with zero attached hydrogens (tertiary/aromatic N) is 3. The van der Waals surface area contributed by atoms with Gasteiger partial charge in [-0.05, 0) is 17.5 Å². The summed E-state index contributed by atoms with van der Waals surface area (Å²) in [6.07, 6.45) is 1.76. The maximum Gasteiger partial charge on any atom is 0.340 e. The Hall–Kier alpha value is -2.93. The molecule has 0 spiro atoms. The predicted molar refractivity (Wildman–Crippen MR) is 89.6 cm³/mol. The van der Waals surface area contributed by atoms with E-state index in [9.17, 15) is 4.79 Å². The topological polar surface area (TPSA) is 70.2 Å². The molecule has 0 saturated carbocycles. The number of esters is 1. The van der Waals surface area contributed by atoms with E-state index in [-0.39, 0.29) is 12.5 Å². The molecular weight excluding hydrogens is 326 g/mol. The number of carbonyl (C=O) groups excluding carboxylic acids is 1. The number of aryl methyl sites for hydroxylation is 1. The molecule has 3 aromatic heterocycles. The maximum absolute atomic E-state index is 12.4. The molecule has 0 radical (unpaired) electrons. The summed E-state index contributed by atoms with van der Waals surface area (Å²) in [4.78, 5) is 13.2. The average molecular weight is 339 g/mol. The number of hydrogen-bond donors (Lipinski definition) is 0.